The van der Waals surface area contributed by atoms with Crippen LogP contribution in [0.2, 0.25) is 10.6 Å². The van der Waals surface area contributed by atoms with Crippen LogP contribution >= 0.6 is 23.2 Å². The summed E-state index contributed by atoms with van der Waals surface area (Å²) in [6, 6.07) is 11.7. The van der Waals surface area contributed by atoms with E-state index >= 15 is 8.78 Å². The molecule has 0 spiro atoms. The van der Waals surface area contributed by atoms with Crippen molar-refractivity contribution in [1.29, 1.82) is 0 Å². The molecule has 0 radical (unpaired) electrons. The van der Waals surface area contributed by atoms with E-state index in [1.54, 1.807) is 24.3 Å². The van der Waals surface area contributed by atoms with Crippen LogP contribution < -0.4 is 11.5 Å². The Labute approximate surface area is 400 Å². The fourth-order valence-electron chi connectivity index (χ4n) is 7.50. The molecule has 6 heterocycles. The molecule has 8 rings (SSSR count). The first-order valence-electron chi connectivity index (χ1n) is 20.4. The molecular formula is C41H40Cl2F2N10O15. The monoisotopic (exact) mass is 1020 g/mol. The first kappa shape index (κ1) is 50.9. The Morgan fingerprint density at radius 1 is 0.657 bits per heavy atom. The number of aliphatic hydroxyl groups is 2. The minimum atomic E-state index is -2.78. The Kier molecular flexibility index (Phi) is 14.7. The molecule has 29 heteroatoms. The van der Waals surface area contributed by atoms with Crippen LogP contribution in [0.25, 0.3) is 22.3 Å². The van der Waals surface area contributed by atoms with E-state index in [0.717, 1.165) is 21.0 Å². The number of nitrogens with two attached hydrogens (primary N) is 2. The number of phenols is 1. The number of carbonyl (C=O) groups is 4. The molecule has 2 aromatic carbocycles. The van der Waals surface area contributed by atoms with E-state index in [1.165, 1.54) is 30.6 Å². The number of phenolic OH excluding ortho intramolecular Hbond substituents is 1. The molecule has 2 aliphatic rings. The van der Waals surface area contributed by atoms with Crippen molar-refractivity contribution < 1.29 is 82.7 Å². The molecule has 372 valence electrons. The maximum Gasteiger partial charge on any atom is 0.348 e. The van der Waals surface area contributed by atoms with Gasteiger partial charge < -0.3 is 66.2 Å². The summed E-state index contributed by atoms with van der Waals surface area (Å²) in [4.78, 5) is 71.4. The quantitative estimate of drug-likeness (QED) is 0.0492. The van der Waals surface area contributed by atoms with Crippen molar-refractivity contribution in [2.75, 3.05) is 24.7 Å². The minimum absolute atomic E-state index is 0.0293. The average Bonchev–Trinajstić information content (AvgIpc) is 4.06. The third-order valence-corrected chi connectivity index (χ3v) is 11.6. The number of ether oxygens (including phenoxy) is 4. The van der Waals surface area contributed by atoms with Crippen molar-refractivity contribution in [2.24, 2.45) is 0 Å². The number of anilines is 2. The van der Waals surface area contributed by atoms with Crippen LogP contribution in [0.4, 0.5) is 20.4 Å². The third-order valence-electron chi connectivity index (χ3n) is 11.3. The number of halogens is 4. The number of imidazole rings is 2. The maximum absolute atomic E-state index is 15.0. The van der Waals surface area contributed by atoms with Gasteiger partial charge in [0.05, 0.1) is 25.9 Å². The number of benzene rings is 2. The van der Waals surface area contributed by atoms with Crippen molar-refractivity contribution in [3.8, 4) is 5.75 Å². The lowest BCUT2D eigenvalue weighted by Crippen LogP contribution is -2.52. The van der Waals surface area contributed by atoms with Crippen LogP contribution in [0, 0.1) is 6.92 Å². The molecule has 2 fully saturated rings. The van der Waals surface area contributed by atoms with Crippen LogP contribution in [0.15, 0.2) is 61.2 Å². The number of alkyl halides is 2. The van der Waals surface area contributed by atoms with E-state index in [-0.39, 0.29) is 55.8 Å². The van der Waals surface area contributed by atoms with Crippen molar-refractivity contribution in [3.05, 3.63) is 88.4 Å². The van der Waals surface area contributed by atoms with E-state index in [9.17, 15) is 54.9 Å². The number of carboxylic acids is 4. The van der Waals surface area contributed by atoms with Gasteiger partial charge in [0.15, 0.2) is 47.7 Å². The standard InChI is InChI=1S/C21H21ClFN5O7.C20H19ClFN5O8/c1-9-2-4-10(5-3-9)6-21(18(30)31,19(32)33)34-7-11-14(29)12(23)17(35-11)28-8-25-13-15(24)26-20(22)27-16(13)28;21-19-25-14(23)12-15(26-19)27(7-24-12)16-11(22)13(29)10(35-16)6-34-20(17(30)31,18(32)33)5-8-1-3-9(28)4-2-8/h2-5,8,11-12,14,17,29H,6-7H2,1H3,(H,30,31)(H,32,33)(H2,24,26,27);1-4,7,10-11,13,16,28-29H,5-6H2,(H,30,31)(H,32,33)(H2,23,25,26)/t11-,12+,14-,17-;10-,11+,13-,16-/m11/s1. The third kappa shape index (κ3) is 9.90. The topological polar surface area (TPSA) is 386 Å². The van der Waals surface area contributed by atoms with Gasteiger partial charge in [-0.2, -0.15) is 19.9 Å². The van der Waals surface area contributed by atoms with E-state index < -0.39 is 110 Å². The predicted molar refractivity (Wildman–Crippen MR) is 234 cm³/mol. The van der Waals surface area contributed by atoms with Gasteiger partial charge in [-0.3, -0.25) is 9.13 Å². The largest absolute Gasteiger partial charge is 0.508 e. The smallest absolute Gasteiger partial charge is 0.348 e. The van der Waals surface area contributed by atoms with Crippen LogP contribution in [0.1, 0.15) is 29.1 Å². The second-order valence-corrected chi connectivity index (χ2v) is 16.6. The molecule has 70 heavy (non-hydrogen) atoms. The molecule has 11 N–H and O–H groups in total. The molecule has 25 nitrogen and oxygen atoms in total. The summed E-state index contributed by atoms with van der Waals surface area (Å²) in [5.74, 6) is -7.36. The Balaban J connectivity index is 0.000000206. The molecule has 0 aliphatic carbocycles. The molecule has 2 aliphatic heterocycles. The lowest BCUT2D eigenvalue weighted by molar-refractivity contribution is -0.191. The highest BCUT2D eigenvalue weighted by Crippen LogP contribution is 2.37. The fourth-order valence-corrected chi connectivity index (χ4v) is 7.84. The summed E-state index contributed by atoms with van der Waals surface area (Å²) in [6.07, 6.45) is -12.2. The number of nitrogens with zero attached hydrogens (tertiary/aromatic N) is 8. The fraction of sp³-hybridized carbons (Fsp3) is 0.366. The molecule has 0 bridgehead atoms. The molecule has 2 saturated heterocycles. The van der Waals surface area contributed by atoms with Gasteiger partial charge in [0.25, 0.3) is 11.2 Å². The summed E-state index contributed by atoms with van der Waals surface area (Å²) in [6.45, 7) is 0.314. The maximum atomic E-state index is 15.0. The number of rotatable bonds is 16. The van der Waals surface area contributed by atoms with E-state index in [1.807, 2.05) is 6.92 Å². The molecule has 0 unspecified atom stereocenters. The zero-order valence-corrected chi connectivity index (χ0v) is 37.4. The minimum Gasteiger partial charge on any atom is -0.508 e. The van der Waals surface area contributed by atoms with Crippen LogP contribution in [-0.2, 0) is 51.0 Å². The molecule has 6 aromatic rings. The molecule has 0 saturated carbocycles. The van der Waals surface area contributed by atoms with Crippen LogP contribution in [0.5, 0.6) is 5.75 Å². The highest BCUT2D eigenvalue weighted by molar-refractivity contribution is 6.29. The van der Waals surface area contributed by atoms with Crippen LogP contribution in [0.3, 0.4) is 0 Å². The average molecular weight is 1020 g/mol. The van der Waals surface area contributed by atoms with Crippen molar-refractivity contribution >= 4 is 81.0 Å². The Morgan fingerprint density at radius 3 is 1.37 bits per heavy atom. The zero-order valence-electron chi connectivity index (χ0n) is 35.9. The lowest BCUT2D eigenvalue weighted by atomic mass is 9.93. The zero-order chi connectivity index (χ0) is 51.0. The number of aliphatic carboxylic acids is 4. The van der Waals surface area contributed by atoms with Gasteiger partial charge in [-0.15, -0.1) is 0 Å². The number of aromatic hydroxyl groups is 1. The van der Waals surface area contributed by atoms with Gasteiger partial charge >= 0.3 is 23.9 Å². The molecule has 8 atom stereocenters. The van der Waals surface area contributed by atoms with Gasteiger partial charge in [-0.05, 0) is 53.4 Å². The van der Waals surface area contributed by atoms with Crippen molar-refractivity contribution in [3.63, 3.8) is 0 Å². The van der Waals surface area contributed by atoms with Crippen molar-refractivity contribution in [1.82, 2.24) is 39.0 Å². The SMILES string of the molecule is Cc1ccc(CC(OC[C@H]2O[C@@H](n3cnc4c(N)nc(Cl)nc43)[C@@H](F)[C@@H]2O)(C(=O)O)C(=O)O)cc1.Nc1nc(Cl)nc2c1ncn2[C@@H]1O[C@H](COC(Cc2ccc(O)cc2)(C(=O)O)C(=O)O)[C@@H](O)[C@@H]1F. The van der Waals surface area contributed by atoms with Gasteiger partial charge in [0.1, 0.15) is 41.2 Å². The molecule has 0 amide bonds. The number of fused-ring (bicyclic) bond motifs is 2. The summed E-state index contributed by atoms with van der Waals surface area (Å²) in [5.41, 5.74) is 7.88. The number of nitrogen functional groups attached to an aromatic ring is 2. The first-order valence-corrected chi connectivity index (χ1v) is 21.1. The van der Waals surface area contributed by atoms with Gasteiger partial charge in [-0.1, -0.05) is 42.0 Å². The van der Waals surface area contributed by atoms with Crippen LogP contribution in [-0.4, -0.2) is 160 Å². The number of aliphatic hydroxyl groups excluding tert-OH is 2. The highest BCUT2D eigenvalue weighted by atomic mass is 35.5. The number of aryl methyl sites for hydroxylation is 1. The van der Waals surface area contributed by atoms with Gasteiger partial charge in [0, 0.05) is 12.8 Å². The summed E-state index contributed by atoms with van der Waals surface area (Å²) in [7, 11) is 0. The summed E-state index contributed by atoms with van der Waals surface area (Å²) in [5, 5.41) is 68.6. The lowest BCUT2D eigenvalue weighted by Gasteiger charge is -2.27. The molecule has 4 aromatic heterocycles. The van der Waals surface area contributed by atoms with Gasteiger partial charge in [0.2, 0.25) is 10.6 Å². The Bertz CT molecular complexity index is 2710. The predicted octanol–water partition coefficient (Wildman–Crippen LogP) is 1.67. The highest BCUT2D eigenvalue weighted by Gasteiger charge is 2.53. The second-order valence-electron chi connectivity index (χ2n) is 15.9. The number of hydrogen-bond donors (Lipinski definition) is 9. The number of carboxylic acid groups (broad SMARTS) is 4. The van der Waals surface area contributed by atoms with E-state index in [0.29, 0.717) is 5.56 Å². The second kappa shape index (κ2) is 20.2. The van der Waals surface area contributed by atoms with Crippen molar-refractivity contribution in [2.45, 2.75) is 80.2 Å². The Morgan fingerprint density at radius 2 is 1.01 bits per heavy atom. The van der Waals surface area contributed by atoms with E-state index in [4.69, 9.17) is 53.6 Å². The molecular weight excluding hydrogens is 981 g/mol. The normalized spacial score (nSPS) is 22.5. The number of hydrogen-bond acceptors (Lipinski definition) is 19. The van der Waals surface area contributed by atoms with E-state index in [2.05, 4.69) is 29.9 Å². The first-order chi connectivity index (χ1) is 33.1. The summed E-state index contributed by atoms with van der Waals surface area (Å²) >= 11 is 11.6. The summed E-state index contributed by atoms with van der Waals surface area (Å²) < 4.78 is 54.1. The number of aromatic nitrogens is 8. The van der Waals surface area contributed by atoms with Gasteiger partial charge in [-0.25, -0.2) is 37.9 Å². The Hall–Kier alpha value is -6.98.